The number of benzene rings is 4. The lowest BCUT2D eigenvalue weighted by Crippen LogP contribution is -2.32. The van der Waals surface area contributed by atoms with Crippen LogP contribution in [0, 0.1) is 0 Å². The first kappa shape index (κ1) is 25.2. The number of amides is 2. The minimum absolute atomic E-state index is 0.138. The van der Waals surface area contributed by atoms with Gasteiger partial charge in [0.1, 0.15) is 19.0 Å². The van der Waals surface area contributed by atoms with Gasteiger partial charge in [0.2, 0.25) is 0 Å². The largest absolute Gasteiger partial charge is 0.491 e. The van der Waals surface area contributed by atoms with E-state index < -0.39 is 0 Å². The summed E-state index contributed by atoms with van der Waals surface area (Å²) < 4.78 is 11.7. The van der Waals surface area contributed by atoms with E-state index in [-0.39, 0.29) is 24.3 Å². The van der Waals surface area contributed by atoms with Gasteiger partial charge in [0.05, 0.1) is 21.5 Å². The van der Waals surface area contributed by atoms with Gasteiger partial charge in [0.15, 0.2) is 5.75 Å². The summed E-state index contributed by atoms with van der Waals surface area (Å²) in [6.07, 6.45) is 1.61. The van der Waals surface area contributed by atoms with Crippen LogP contribution >= 0.6 is 35.0 Å². The third kappa shape index (κ3) is 5.77. The summed E-state index contributed by atoms with van der Waals surface area (Å²) in [5.41, 5.74) is 1.58. The fourth-order valence-corrected chi connectivity index (χ4v) is 5.42. The second-order valence-corrected chi connectivity index (χ2v) is 10.1. The van der Waals surface area contributed by atoms with Crippen LogP contribution in [-0.4, -0.2) is 29.2 Å². The monoisotopic (exact) mass is 549 g/mol. The molecule has 1 aliphatic heterocycles. The molecule has 1 fully saturated rings. The molecule has 0 spiro atoms. The third-order valence-electron chi connectivity index (χ3n) is 5.74. The van der Waals surface area contributed by atoms with Gasteiger partial charge in [-0.25, -0.2) is 0 Å². The van der Waals surface area contributed by atoms with Gasteiger partial charge in [-0.1, -0.05) is 89.9 Å². The summed E-state index contributed by atoms with van der Waals surface area (Å²) in [5.74, 6) is 0.690. The van der Waals surface area contributed by atoms with Crippen LogP contribution < -0.4 is 9.47 Å². The highest BCUT2D eigenvalue weighted by Crippen LogP contribution is 2.38. The molecule has 5 rings (SSSR count). The zero-order valence-corrected chi connectivity index (χ0v) is 21.9. The molecular weight excluding hydrogens is 529 g/mol. The van der Waals surface area contributed by atoms with Crippen molar-refractivity contribution >= 4 is 63.0 Å². The maximum absolute atomic E-state index is 12.9. The van der Waals surface area contributed by atoms with Crippen LogP contribution in [0.25, 0.3) is 16.8 Å². The van der Waals surface area contributed by atoms with Gasteiger partial charge in [0.25, 0.3) is 11.1 Å². The van der Waals surface area contributed by atoms with E-state index in [0.29, 0.717) is 38.6 Å². The van der Waals surface area contributed by atoms with Gasteiger partial charge in [-0.3, -0.25) is 14.5 Å². The second-order valence-electron chi connectivity index (χ2n) is 8.25. The number of fused-ring (bicyclic) bond motifs is 1. The van der Waals surface area contributed by atoms with Gasteiger partial charge in [0, 0.05) is 5.39 Å². The summed E-state index contributed by atoms with van der Waals surface area (Å²) in [6.45, 7) is 0.642. The van der Waals surface area contributed by atoms with Crippen LogP contribution in [0.1, 0.15) is 11.1 Å². The minimum Gasteiger partial charge on any atom is -0.491 e. The second kappa shape index (κ2) is 11.3. The molecule has 2 amide bonds. The van der Waals surface area contributed by atoms with Crippen molar-refractivity contribution in [1.29, 1.82) is 0 Å². The molecule has 37 heavy (non-hydrogen) atoms. The molecule has 1 saturated heterocycles. The molecule has 186 valence electrons. The van der Waals surface area contributed by atoms with Crippen LogP contribution in [-0.2, 0) is 11.4 Å². The van der Waals surface area contributed by atoms with E-state index in [1.165, 1.54) is 4.90 Å². The molecule has 1 aliphatic rings. The van der Waals surface area contributed by atoms with Gasteiger partial charge in [-0.15, -0.1) is 0 Å². The van der Waals surface area contributed by atoms with Crippen LogP contribution in [0.2, 0.25) is 10.0 Å². The van der Waals surface area contributed by atoms with Crippen molar-refractivity contribution in [3.63, 3.8) is 0 Å². The molecule has 4 aromatic carbocycles. The van der Waals surface area contributed by atoms with Crippen LogP contribution in [0.5, 0.6) is 11.5 Å². The molecule has 0 aliphatic carbocycles. The fraction of sp³-hybridized carbons (Fsp3) is 0.103. The Balaban J connectivity index is 1.24. The van der Waals surface area contributed by atoms with Crippen LogP contribution in [0.15, 0.2) is 89.8 Å². The van der Waals surface area contributed by atoms with Crippen LogP contribution in [0.3, 0.4) is 0 Å². The smallest absolute Gasteiger partial charge is 0.293 e. The van der Waals surface area contributed by atoms with Crippen molar-refractivity contribution in [2.24, 2.45) is 0 Å². The molecule has 8 heteroatoms. The Morgan fingerprint density at radius 3 is 2.32 bits per heavy atom. The Labute approximate surface area is 228 Å². The summed E-state index contributed by atoms with van der Waals surface area (Å²) in [6, 6.07) is 26.7. The zero-order chi connectivity index (χ0) is 25.8. The zero-order valence-electron chi connectivity index (χ0n) is 19.5. The number of ether oxygens (including phenoxy) is 2. The quantitative estimate of drug-likeness (QED) is 0.209. The van der Waals surface area contributed by atoms with Crippen molar-refractivity contribution in [3.8, 4) is 11.5 Å². The summed E-state index contributed by atoms with van der Waals surface area (Å²) in [7, 11) is 0. The fourth-order valence-electron chi connectivity index (χ4n) is 3.94. The Kier molecular flexibility index (Phi) is 7.70. The maximum atomic E-state index is 12.9. The lowest BCUT2D eigenvalue weighted by molar-refractivity contribution is -0.123. The van der Waals surface area contributed by atoms with E-state index >= 15 is 0 Å². The molecule has 0 saturated carbocycles. The highest BCUT2D eigenvalue weighted by atomic mass is 35.5. The highest BCUT2D eigenvalue weighted by molar-refractivity contribution is 8.18. The van der Waals surface area contributed by atoms with Crippen molar-refractivity contribution in [3.05, 3.63) is 111 Å². The van der Waals surface area contributed by atoms with Crippen molar-refractivity contribution in [2.45, 2.75) is 6.61 Å². The SMILES string of the molecule is O=C1S/C(=C\c2cc(Cl)c(OCc3ccccc3)c(Cl)c2)C(=O)N1CCOc1cccc2ccccc12. The van der Waals surface area contributed by atoms with E-state index in [9.17, 15) is 9.59 Å². The molecule has 0 atom stereocenters. The molecule has 0 aromatic heterocycles. The molecule has 0 N–H and O–H groups in total. The highest BCUT2D eigenvalue weighted by Gasteiger charge is 2.35. The number of hydrogen-bond acceptors (Lipinski definition) is 5. The van der Waals surface area contributed by atoms with Crippen molar-refractivity contribution < 1.29 is 19.1 Å². The molecule has 1 heterocycles. The van der Waals surface area contributed by atoms with Gasteiger partial charge in [-0.05, 0) is 52.6 Å². The lowest BCUT2D eigenvalue weighted by Gasteiger charge is -2.14. The normalized spacial score (nSPS) is 14.5. The third-order valence-corrected chi connectivity index (χ3v) is 7.21. The molecule has 0 radical (unpaired) electrons. The topological polar surface area (TPSA) is 55.8 Å². The van der Waals surface area contributed by atoms with Gasteiger partial charge < -0.3 is 9.47 Å². The number of rotatable bonds is 8. The number of nitrogens with zero attached hydrogens (tertiary/aromatic N) is 1. The Morgan fingerprint density at radius 2 is 1.54 bits per heavy atom. The lowest BCUT2D eigenvalue weighted by atomic mass is 10.1. The van der Waals surface area contributed by atoms with Crippen LogP contribution in [0.4, 0.5) is 4.79 Å². The average molecular weight is 550 g/mol. The van der Waals surface area contributed by atoms with Crippen molar-refractivity contribution in [2.75, 3.05) is 13.2 Å². The first-order valence-corrected chi connectivity index (χ1v) is 13.1. The molecule has 4 aromatic rings. The van der Waals surface area contributed by atoms with E-state index in [0.717, 1.165) is 28.1 Å². The van der Waals surface area contributed by atoms with E-state index in [1.807, 2.05) is 72.8 Å². The minimum atomic E-state index is -0.381. The number of imide groups is 1. The first-order chi connectivity index (χ1) is 18.0. The number of thioether (sulfide) groups is 1. The number of hydrogen-bond donors (Lipinski definition) is 0. The molecule has 0 bridgehead atoms. The van der Waals surface area contributed by atoms with E-state index in [4.69, 9.17) is 32.7 Å². The number of halogens is 2. The predicted molar refractivity (Wildman–Crippen MR) is 149 cm³/mol. The number of carbonyl (C=O) groups excluding carboxylic acids is 2. The summed E-state index contributed by atoms with van der Waals surface area (Å²) >= 11 is 13.7. The van der Waals surface area contributed by atoms with Gasteiger partial charge in [-0.2, -0.15) is 0 Å². The Hall–Kier alpha value is -3.45. The van der Waals surface area contributed by atoms with Crippen molar-refractivity contribution in [1.82, 2.24) is 4.90 Å². The maximum Gasteiger partial charge on any atom is 0.293 e. The molecule has 5 nitrogen and oxygen atoms in total. The van der Waals surface area contributed by atoms with Gasteiger partial charge >= 0.3 is 0 Å². The summed E-state index contributed by atoms with van der Waals surface area (Å²) in [5, 5.41) is 2.32. The van der Waals surface area contributed by atoms with E-state index in [2.05, 4.69) is 0 Å². The number of carbonyl (C=O) groups is 2. The molecule has 0 unspecified atom stereocenters. The Morgan fingerprint density at radius 1 is 0.838 bits per heavy atom. The Bertz CT molecular complexity index is 1480. The van der Waals surface area contributed by atoms with E-state index in [1.54, 1.807) is 18.2 Å². The first-order valence-electron chi connectivity index (χ1n) is 11.5. The predicted octanol–water partition coefficient (Wildman–Crippen LogP) is 7.84. The molecular formula is C29H21Cl2NO4S. The summed E-state index contributed by atoms with van der Waals surface area (Å²) in [4.78, 5) is 27.0. The average Bonchev–Trinajstić information content (AvgIpc) is 3.16. The standard InChI is InChI=1S/C29H21Cl2NO4S/c30-23-15-20(16-24(31)27(23)36-18-19-7-2-1-3-8-19)17-26-28(33)32(29(34)37-26)13-14-35-25-12-6-10-21-9-4-5-11-22(21)25/h1-12,15-17H,13-14,18H2/b26-17-.